The Bertz CT molecular complexity index is 1180. The predicted molar refractivity (Wildman–Crippen MR) is 111 cm³/mol. The van der Waals surface area contributed by atoms with Gasteiger partial charge in [0.15, 0.2) is 5.69 Å². The van der Waals surface area contributed by atoms with E-state index in [2.05, 4.69) is 31.4 Å². The van der Waals surface area contributed by atoms with Gasteiger partial charge in [-0.15, -0.1) is 11.3 Å². The van der Waals surface area contributed by atoms with Crippen molar-refractivity contribution in [1.29, 1.82) is 0 Å². The molecule has 0 fully saturated rings. The third-order valence-electron chi connectivity index (χ3n) is 4.59. The molecule has 162 valence electrons. The second-order valence-electron chi connectivity index (χ2n) is 6.82. The van der Waals surface area contributed by atoms with Crippen molar-refractivity contribution >= 4 is 43.4 Å². The van der Waals surface area contributed by atoms with Crippen LogP contribution in [0.1, 0.15) is 48.4 Å². The molecule has 3 heterocycles. The summed E-state index contributed by atoms with van der Waals surface area (Å²) in [6, 6.07) is 0.659. The molecule has 1 amide bonds. The zero-order chi connectivity index (χ0) is 22.4. The Hall–Kier alpha value is -2.21. The van der Waals surface area contributed by atoms with Gasteiger partial charge in [0.2, 0.25) is 0 Å². The molecule has 1 N–H and O–H groups in total. The predicted octanol–water partition coefficient (Wildman–Crippen LogP) is 4.34. The van der Waals surface area contributed by atoms with E-state index in [9.17, 15) is 22.8 Å². The Morgan fingerprint density at radius 3 is 2.60 bits per heavy atom. The molecule has 0 aromatic carbocycles. The molecule has 0 aliphatic rings. The number of carbonyl (C=O) groups is 1. The number of nitrogens with zero attached hydrogens (tertiary/aromatic N) is 4. The first-order valence-electron chi connectivity index (χ1n) is 9.10. The van der Waals surface area contributed by atoms with Gasteiger partial charge in [0, 0.05) is 4.88 Å². The molecule has 7 nitrogen and oxygen atoms in total. The number of amides is 1. The number of fused-ring (bicyclic) bond motifs is 1. The van der Waals surface area contributed by atoms with Gasteiger partial charge >= 0.3 is 6.18 Å². The van der Waals surface area contributed by atoms with E-state index in [-0.39, 0.29) is 16.0 Å². The van der Waals surface area contributed by atoms with Gasteiger partial charge in [-0.2, -0.15) is 18.3 Å². The summed E-state index contributed by atoms with van der Waals surface area (Å²) in [7, 11) is 0. The lowest BCUT2D eigenvalue weighted by Crippen LogP contribution is -2.38. The highest BCUT2D eigenvalue weighted by atomic mass is 79.9. The fourth-order valence-electron chi connectivity index (χ4n) is 3.00. The van der Waals surface area contributed by atoms with Crippen molar-refractivity contribution in [3.05, 3.63) is 43.0 Å². The second-order valence-corrected chi connectivity index (χ2v) is 8.73. The number of aryl methyl sites for hydroxylation is 2. The molecule has 0 radical (unpaired) electrons. The van der Waals surface area contributed by atoms with Crippen molar-refractivity contribution < 1.29 is 18.0 Å². The van der Waals surface area contributed by atoms with E-state index in [0.717, 1.165) is 27.1 Å². The molecule has 12 heteroatoms. The van der Waals surface area contributed by atoms with Crippen molar-refractivity contribution in [2.24, 2.45) is 0 Å². The van der Waals surface area contributed by atoms with Crippen LogP contribution >= 0.6 is 27.3 Å². The molecule has 0 unspecified atom stereocenters. The van der Waals surface area contributed by atoms with Crippen molar-refractivity contribution in [1.82, 2.24) is 19.4 Å². The molecule has 0 saturated heterocycles. The highest BCUT2D eigenvalue weighted by Gasteiger charge is 2.39. The number of hydrogen-bond donors (Lipinski definition) is 1. The third kappa shape index (κ3) is 4.02. The van der Waals surface area contributed by atoms with Crippen LogP contribution in [-0.2, 0) is 17.4 Å². The lowest BCUT2D eigenvalue weighted by molar-refractivity contribution is -0.142. The molecular formula is C18H19BrF3N5O2S. The maximum absolute atomic E-state index is 13.1. The molecule has 0 saturated carbocycles. The number of halogens is 4. The minimum Gasteiger partial charge on any atom is -0.271 e. The maximum atomic E-state index is 13.1. The van der Waals surface area contributed by atoms with Crippen LogP contribution in [0.2, 0.25) is 0 Å². The van der Waals surface area contributed by atoms with Crippen LogP contribution in [0.5, 0.6) is 0 Å². The van der Waals surface area contributed by atoms with Gasteiger partial charge < -0.3 is 0 Å². The Morgan fingerprint density at radius 1 is 1.37 bits per heavy atom. The lowest BCUT2D eigenvalue weighted by atomic mass is 10.2. The third-order valence-corrected chi connectivity index (χ3v) is 6.63. The summed E-state index contributed by atoms with van der Waals surface area (Å²) in [6.45, 7) is 6.42. The van der Waals surface area contributed by atoms with E-state index in [4.69, 9.17) is 0 Å². The number of thiophene rings is 1. The minimum atomic E-state index is -4.66. The Kier molecular flexibility index (Phi) is 6.10. The van der Waals surface area contributed by atoms with E-state index in [0.29, 0.717) is 10.2 Å². The van der Waals surface area contributed by atoms with Crippen LogP contribution in [0.25, 0.3) is 10.2 Å². The van der Waals surface area contributed by atoms with Crippen LogP contribution in [0.15, 0.2) is 15.3 Å². The van der Waals surface area contributed by atoms with E-state index in [1.807, 2.05) is 6.92 Å². The first-order chi connectivity index (χ1) is 14.0. The van der Waals surface area contributed by atoms with Crippen LogP contribution in [-0.4, -0.2) is 25.3 Å². The first-order valence-corrected chi connectivity index (χ1v) is 10.7. The smallest absolute Gasteiger partial charge is 0.271 e. The number of carbonyl (C=O) groups excluding carboxylic acids is 1. The van der Waals surface area contributed by atoms with Gasteiger partial charge in [-0.05, 0) is 49.2 Å². The molecule has 0 aliphatic heterocycles. The Labute approximate surface area is 182 Å². The highest BCUT2D eigenvalue weighted by Crippen LogP contribution is 2.36. The Morgan fingerprint density at radius 2 is 2.03 bits per heavy atom. The quantitative estimate of drug-likeness (QED) is 0.559. The standard InChI is InChI=1S/C18H19BrF3N5O2S/c1-5-6-11-7-12-16(30-11)23-10(4)27(17(12)29)25-15(28)9(3)26-8(2)13(19)14(24-26)18(20,21)22/h7,9H,5-6H2,1-4H3,(H,25,28)/t9-/m0/s1. The highest BCUT2D eigenvalue weighted by molar-refractivity contribution is 9.10. The zero-order valence-electron chi connectivity index (χ0n) is 16.6. The minimum absolute atomic E-state index is 0.143. The number of nitrogens with one attached hydrogen (secondary N) is 1. The summed E-state index contributed by atoms with van der Waals surface area (Å²) in [4.78, 5) is 31.6. The Balaban J connectivity index is 1.94. The number of hydrogen-bond acceptors (Lipinski definition) is 5. The summed E-state index contributed by atoms with van der Waals surface area (Å²) in [5.41, 5.74) is 1.05. The second kappa shape index (κ2) is 8.14. The maximum Gasteiger partial charge on any atom is 0.436 e. The van der Waals surface area contributed by atoms with Gasteiger partial charge in [0.1, 0.15) is 16.7 Å². The van der Waals surface area contributed by atoms with E-state index < -0.39 is 29.4 Å². The van der Waals surface area contributed by atoms with Gasteiger partial charge in [-0.1, -0.05) is 13.3 Å². The molecule has 0 bridgehead atoms. The van der Waals surface area contributed by atoms with Crippen LogP contribution in [0.4, 0.5) is 13.2 Å². The normalized spacial score (nSPS) is 13.1. The van der Waals surface area contributed by atoms with Crippen molar-refractivity contribution in [3.8, 4) is 0 Å². The molecule has 0 aliphatic carbocycles. The lowest BCUT2D eigenvalue weighted by Gasteiger charge is -2.16. The van der Waals surface area contributed by atoms with Crippen LogP contribution < -0.4 is 11.0 Å². The first kappa shape index (κ1) is 22.5. The molecule has 3 aromatic heterocycles. The van der Waals surface area contributed by atoms with Gasteiger partial charge in [-0.3, -0.25) is 19.7 Å². The SMILES string of the molecule is CCCc1cc2c(=O)n(NC(=O)[C@H](C)n3nc(C(F)(F)F)c(Br)c3C)c(C)nc2s1. The summed E-state index contributed by atoms with van der Waals surface area (Å²) >= 11 is 4.31. The van der Waals surface area contributed by atoms with Crippen LogP contribution in [0.3, 0.4) is 0 Å². The monoisotopic (exact) mass is 505 g/mol. The largest absolute Gasteiger partial charge is 0.436 e. The summed E-state index contributed by atoms with van der Waals surface area (Å²) < 4.78 is 41.1. The van der Waals surface area contributed by atoms with Crippen molar-refractivity contribution in [3.63, 3.8) is 0 Å². The molecule has 3 aromatic rings. The number of alkyl halides is 3. The summed E-state index contributed by atoms with van der Waals surface area (Å²) in [5.74, 6) is -0.426. The van der Waals surface area contributed by atoms with Gasteiger partial charge in [-0.25, -0.2) is 9.66 Å². The fourth-order valence-corrected chi connectivity index (χ4v) is 4.66. The number of rotatable bonds is 5. The van der Waals surface area contributed by atoms with E-state index in [1.165, 1.54) is 25.2 Å². The molecule has 0 spiro atoms. The fraction of sp³-hybridized carbons (Fsp3) is 0.444. The van der Waals surface area contributed by atoms with Crippen molar-refractivity contribution in [2.75, 3.05) is 5.43 Å². The molecule has 30 heavy (non-hydrogen) atoms. The average molecular weight is 506 g/mol. The van der Waals surface area contributed by atoms with Gasteiger partial charge in [0.05, 0.1) is 15.6 Å². The topological polar surface area (TPSA) is 81.8 Å². The van der Waals surface area contributed by atoms with E-state index in [1.54, 1.807) is 13.0 Å². The summed E-state index contributed by atoms with van der Waals surface area (Å²) in [6.07, 6.45) is -2.92. The van der Waals surface area contributed by atoms with Crippen LogP contribution in [0, 0.1) is 13.8 Å². The molecular weight excluding hydrogens is 487 g/mol. The van der Waals surface area contributed by atoms with E-state index >= 15 is 0 Å². The molecule has 1 atom stereocenters. The summed E-state index contributed by atoms with van der Waals surface area (Å²) in [5, 5.41) is 3.93. The number of aromatic nitrogens is 4. The molecule has 3 rings (SSSR count). The van der Waals surface area contributed by atoms with Gasteiger partial charge in [0.25, 0.3) is 11.5 Å². The van der Waals surface area contributed by atoms with Crippen molar-refractivity contribution in [2.45, 2.75) is 52.8 Å². The zero-order valence-corrected chi connectivity index (χ0v) is 19.0. The average Bonchev–Trinajstić information content (AvgIpc) is 3.19.